The van der Waals surface area contributed by atoms with Crippen molar-refractivity contribution in [2.45, 2.75) is 39.2 Å². The van der Waals surface area contributed by atoms with Crippen molar-refractivity contribution < 1.29 is 4.74 Å². The summed E-state index contributed by atoms with van der Waals surface area (Å²) in [7, 11) is 0. The van der Waals surface area contributed by atoms with Crippen LogP contribution in [0, 0.1) is 11.3 Å². The second-order valence-corrected chi connectivity index (χ2v) is 5.72. The lowest BCUT2D eigenvalue weighted by atomic mass is 9.98. The van der Waals surface area contributed by atoms with Crippen LogP contribution >= 0.6 is 11.3 Å². The van der Waals surface area contributed by atoms with Crippen molar-refractivity contribution in [3.8, 4) is 17.3 Å². The number of nitriles is 1. The Morgan fingerprint density at radius 1 is 1.19 bits per heavy atom. The molecule has 0 unspecified atom stereocenters. The van der Waals surface area contributed by atoms with Gasteiger partial charge in [-0.3, -0.25) is 0 Å². The van der Waals surface area contributed by atoms with Gasteiger partial charge in [0.25, 0.3) is 0 Å². The highest BCUT2D eigenvalue weighted by molar-refractivity contribution is 7.10. The molecule has 1 aromatic carbocycles. The molecule has 0 radical (unpaired) electrons. The molecule has 0 amide bonds. The fourth-order valence-corrected chi connectivity index (χ4v) is 3.55. The molecule has 2 rings (SSSR count). The largest absolute Gasteiger partial charge is 0.368 e. The fourth-order valence-electron chi connectivity index (χ4n) is 2.43. The van der Waals surface area contributed by atoms with Crippen molar-refractivity contribution in [1.82, 2.24) is 4.98 Å². The van der Waals surface area contributed by atoms with E-state index >= 15 is 0 Å². The Balaban J connectivity index is 2.33. The summed E-state index contributed by atoms with van der Waals surface area (Å²) in [6, 6.07) is 9.66. The zero-order valence-corrected chi connectivity index (χ0v) is 13.5. The van der Waals surface area contributed by atoms with Crippen LogP contribution in [-0.4, -0.2) is 11.6 Å². The van der Waals surface area contributed by atoms with Crippen molar-refractivity contribution in [2.75, 3.05) is 6.61 Å². The third kappa shape index (κ3) is 3.15. The molecule has 4 heteroatoms. The third-order valence-corrected chi connectivity index (χ3v) is 4.79. The topological polar surface area (TPSA) is 45.9 Å². The summed E-state index contributed by atoms with van der Waals surface area (Å²) in [6.07, 6.45) is 1.83. The summed E-state index contributed by atoms with van der Waals surface area (Å²) >= 11 is 1.65. The van der Waals surface area contributed by atoms with Crippen molar-refractivity contribution in [3.63, 3.8) is 0 Å². The SMILES string of the molecule is CCOC(CC)(CC)c1nc(-c2ccc(C#N)cc2)cs1. The lowest BCUT2D eigenvalue weighted by Gasteiger charge is -2.29. The first-order chi connectivity index (χ1) is 10.2. The molecule has 0 aliphatic carbocycles. The quantitative estimate of drug-likeness (QED) is 0.774. The summed E-state index contributed by atoms with van der Waals surface area (Å²) in [5, 5.41) is 12.0. The van der Waals surface area contributed by atoms with Crippen molar-refractivity contribution in [3.05, 3.63) is 40.2 Å². The van der Waals surface area contributed by atoms with E-state index in [1.807, 2.05) is 31.2 Å². The zero-order chi connectivity index (χ0) is 15.3. The highest BCUT2D eigenvalue weighted by Crippen LogP contribution is 2.36. The first-order valence-electron chi connectivity index (χ1n) is 7.29. The number of hydrogen-bond acceptors (Lipinski definition) is 4. The van der Waals surface area contributed by atoms with Crippen LogP contribution in [-0.2, 0) is 10.3 Å². The molecule has 2 aromatic rings. The maximum absolute atomic E-state index is 8.85. The predicted octanol–water partition coefficient (Wildman–Crippen LogP) is 4.73. The van der Waals surface area contributed by atoms with Gasteiger partial charge >= 0.3 is 0 Å². The standard InChI is InChI=1S/C17H20N2OS/c1-4-17(5-2,20-6-3)16-19-15(12-21-16)14-9-7-13(11-18)8-10-14/h7-10,12H,4-6H2,1-3H3. The molecule has 0 aliphatic heterocycles. The molecular formula is C17H20N2OS. The Bertz CT molecular complexity index is 621. The normalized spacial score (nSPS) is 11.3. The van der Waals surface area contributed by atoms with E-state index in [1.54, 1.807) is 11.3 Å². The Labute approximate surface area is 130 Å². The van der Waals surface area contributed by atoms with E-state index in [1.165, 1.54) is 0 Å². The van der Waals surface area contributed by atoms with Gasteiger partial charge in [0.15, 0.2) is 0 Å². The molecule has 0 N–H and O–H groups in total. The first-order valence-corrected chi connectivity index (χ1v) is 8.17. The summed E-state index contributed by atoms with van der Waals surface area (Å²) in [4.78, 5) is 4.78. The number of benzene rings is 1. The van der Waals surface area contributed by atoms with E-state index in [9.17, 15) is 0 Å². The van der Waals surface area contributed by atoms with E-state index in [2.05, 4.69) is 25.3 Å². The molecule has 0 saturated heterocycles. The minimum absolute atomic E-state index is 0.274. The van der Waals surface area contributed by atoms with Crippen LogP contribution in [0.15, 0.2) is 29.6 Å². The van der Waals surface area contributed by atoms with Gasteiger partial charge < -0.3 is 4.74 Å². The molecule has 21 heavy (non-hydrogen) atoms. The number of thiazole rings is 1. The summed E-state index contributed by atoms with van der Waals surface area (Å²) < 4.78 is 6.00. The molecule has 1 heterocycles. The van der Waals surface area contributed by atoms with E-state index in [-0.39, 0.29) is 5.60 Å². The van der Waals surface area contributed by atoms with E-state index in [0.29, 0.717) is 12.2 Å². The predicted molar refractivity (Wildman–Crippen MR) is 86.2 cm³/mol. The Hall–Kier alpha value is -1.70. The molecule has 110 valence electrons. The van der Waals surface area contributed by atoms with Gasteiger partial charge in [-0.25, -0.2) is 4.98 Å². The van der Waals surface area contributed by atoms with Crippen molar-refractivity contribution in [2.24, 2.45) is 0 Å². The maximum atomic E-state index is 8.85. The molecule has 0 saturated carbocycles. The minimum atomic E-state index is -0.274. The van der Waals surface area contributed by atoms with Crippen LogP contribution in [0.3, 0.4) is 0 Å². The van der Waals surface area contributed by atoms with Crippen LogP contribution < -0.4 is 0 Å². The molecule has 3 nitrogen and oxygen atoms in total. The molecule has 1 aromatic heterocycles. The van der Waals surface area contributed by atoms with Crippen LogP contribution in [0.2, 0.25) is 0 Å². The van der Waals surface area contributed by atoms with Crippen LogP contribution in [0.5, 0.6) is 0 Å². The van der Waals surface area contributed by atoms with Crippen LogP contribution in [0.25, 0.3) is 11.3 Å². The van der Waals surface area contributed by atoms with Crippen molar-refractivity contribution >= 4 is 11.3 Å². The number of hydrogen-bond donors (Lipinski definition) is 0. The Morgan fingerprint density at radius 3 is 2.38 bits per heavy atom. The second-order valence-electron chi connectivity index (χ2n) is 4.86. The third-order valence-electron chi connectivity index (χ3n) is 3.77. The lowest BCUT2D eigenvalue weighted by Crippen LogP contribution is -2.28. The van der Waals surface area contributed by atoms with E-state index < -0.39 is 0 Å². The summed E-state index contributed by atoms with van der Waals surface area (Å²) in [5.74, 6) is 0. The highest BCUT2D eigenvalue weighted by Gasteiger charge is 2.32. The maximum Gasteiger partial charge on any atom is 0.125 e. The minimum Gasteiger partial charge on any atom is -0.368 e. The Morgan fingerprint density at radius 2 is 1.86 bits per heavy atom. The average molecular weight is 300 g/mol. The molecule has 0 aliphatic rings. The van der Waals surface area contributed by atoms with Gasteiger partial charge in [-0.05, 0) is 31.9 Å². The van der Waals surface area contributed by atoms with Crippen molar-refractivity contribution in [1.29, 1.82) is 5.26 Å². The number of ether oxygens (including phenoxy) is 1. The molecule has 0 bridgehead atoms. The Kier molecular flexibility index (Phi) is 5.11. The molecular weight excluding hydrogens is 280 g/mol. The zero-order valence-electron chi connectivity index (χ0n) is 12.7. The van der Waals surface area contributed by atoms with Crippen LogP contribution in [0.1, 0.15) is 44.2 Å². The number of rotatable bonds is 6. The number of nitrogens with zero attached hydrogens (tertiary/aromatic N) is 2. The number of aromatic nitrogens is 1. The van der Waals surface area contributed by atoms with Gasteiger partial charge in [0.05, 0.1) is 17.3 Å². The van der Waals surface area contributed by atoms with E-state index in [0.717, 1.165) is 29.1 Å². The van der Waals surface area contributed by atoms with Gasteiger partial charge in [0.2, 0.25) is 0 Å². The summed E-state index contributed by atoms with van der Waals surface area (Å²) in [6.45, 7) is 6.99. The van der Waals surface area contributed by atoms with Gasteiger partial charge in [-0.1, -0.05) is 26.0 Å². The lowest BCUT2D eigenvalue weighted by molar-refractivity contribution is -0.0505. The van der Waals surface area contributed by atoms with Gasteiger partial charge in [0.1, 0.15) is 10.6 Å². The fraction of sp³-hybridized carbons (Fsp3) is 0.412. The monoisotopic (exact) mass is 300 g/mol. The average Bonchev–Trinajstić information content (AvgIpc) is 3.03. The van der Waals surface area contributed by atoms with Gasteiger partial charge in [-0.2, -0.15) is 5.26 Å². The highest BCUT2D eigenvalue weighted by atomic mass is 32.1. The van der Waals surface area contributed by atoms with Gasteiger partial charge in [-0.15, -0.1) is 11.3 Å². The molecule has 0 spiro atoms. The first kappa shape index (κ1) is 15.7. The van der Waals surface area contributed by atoms with Crippen LogP contribution in [0.4, 0.5) is 0 Å². The van der Waals surface area contributed by atoms with E-state index in [4.69, 9.17) is 15.0 Å². The van der Waals surface area contributed by atoms with Gasteiger partial charge in [0, 0.05) is 17.6 Å². The molecule has 0 fully saturated rings. The summed E-state index contributed by atoms with van der Waals surface area (Å²) in [5.41, 5.74) is 2.38. The second kappa shape index (κ2) is 6.84. The smallest absolute Gasteiger partial charge is 0.125 e. The molecule has 0 atom stereocenters.